The van der Waals surface area contributed by atoms with Crippen LogP contribution in [0.2, 0.25) is 10.0 Å². The number of aliphatic imine (C=N–C) groups is 1. The summed E-state index contributed by atoms with van der Waals surface area (Å²) in [5.74, 6) is 0.954. The first-order valence-electron chi connectivity index (χ1n) is 19.2. The average molecular weight is 847 g/mol. The summed E-state index contributed by atoms with van der Waals surface area (Å²) in [6.45, 7) is 10.7. The van der Waals surface area contributed by atoms with Gasteiger partial charge >= 0.3 is 0 Å². The van der Waals surface area contributed by atoms with E-state index < -0.39 is 6.04 Å². The molecule has 7 rings (SSSR count). The van der Waals surface area contributed by atoms with Gasteiger partial charge in [-0.3, -0.25) is 14.4 Å². The molecule has 6 aromatic rings. The van der Waals surface area contributed by atoms with Gasteiger partial charge in [0.1, 0.15) is 22.7 Å². The molecule has 0 saturated carbocycles. The summed E-state index contributed by atoms with van der Waals surface area (Å²) in [6.07, 6.45) is 2.09. The Hall–Kier alpha value is -4.47. The highest BCUT2D eigenvalue weighted by atomic mass is 35.5. The van der Waals surface area contributed by atoms with Crippen molar-refractivity contribution in [1.82, 2.24) is 30.0 Å². The van der Waals surface area contributed by atoms with Crippen molar-refractivity contribution < 1.29 is 23.4 Å². The highest BCUT2D eigenvalue weighted by Crippen LogP contribution is 2.39. The van der Waals surface area contributed by atoms with Crippen molar-refractivity contribution >= 4 is 57.1 Å². The number of thiophene rings is 1. The lowest BCUT2D eigenvalue weighted by Gasteiger charge is -2.13. The van der Waals surface area contributed by atoms with E-state index in [0.717, 1.165) is 55.3 Å². The fourth-order valence-corrected chi connectivity index (χ4v) is 8.42. The van der Waals surface area contributed by atoms with Crippen molar-refractivity contribution in [3.63, 3.8) is 0 Å². The van der Waals surface area contributed by atoms with Gasteiger partial charge in [0.05, 0.1) is 57.3 Å². The number of carbonyl (C=O) groups excluding carboxylic acids is 1. The SMILES string of the molecule is Cc1sc2c(c1C)C(c1ccc(Cl)cc1)=N[C@@H](CC(=O)NCCOCCOCCOCCNCc1cc(F)cc3c1ccn3Cc1ccc(Cl)cc1)c1nnc(C)n1-2. The molecule has 2 N–H and O–H groups in total. The second-order valence-electron chi connectivity index (χ2n) is 14.0. The Kier molecular flexibility index (Phi) is 14.0. The zero-order valence-corrected chi connectivity index (χ0v) is 35.0. The zero-order chi connectivity index (χ0) is 40.6. The number of halogens is 3. The van der Waals surface area contributed by atoms with E-state index >= 15 is 0 Å². The van der Waals surface area contributed by atoms with Crippen LogP contribution in [0.3, 0.4) is 0 Å². The summed E-state index contributed by atoms with van der Waals surface area (Å²) >= 11 is 13.9. The Balaban J connectivity index is 0.782. The van der Waals surface area contributed by atoms with Crippen LogP contribution in [0, 0.1) is 26.6 Å². The van der Waals surface area contributed by atoms with Crippen molar-refractivity contribution in [3.05, 3.63) is 133 Å². The minimum Gasteiger partial charge on any atom is -0.378 e. The number of hydrogen-bond donors (Lipinski definition) is 2. The van der Waals surface area contributed by atoms with Gasteiger partial charge in [0.25, 0.3) is 0 Å². The molecular weight excluding hydrogens is 800 g/mol. The average Bonchev–Trinajstić information content (AvgIpc) is 3.85. The monoisotopic (exact) mass is 845 g/mol. The molecule has 1 atom stereocenters. The lowest BCUT2D eigenvalue weighted by molar-refractivity contribution is -0.121. The van der Waals surface area contributed by atoms with E-state index in [2.05, 4.69) is 34.7 Å². The molecule has 0 aliphatic carbocycles. The van der Waals surface area contributed by atoms with Crippen LogP contribution < -0.4 is 10.6 Å². The van der Waals surface area contributed by atoms with Crippen molar-refractivity contribution in [3.8, 4) is 5.00 Å². The van der Waals surface area contributed by atoms with Gasteiger partial charge in [-0.2, -0.15) is 0 Å². The molecule has 1 aliphatic heterocycles. The smallest absolute Gasteiger partial charge is 0.222 e. The molecule has 0 spiro atoms. The quantitative estimate of drug-likeness (QED) is 0.0796. The van der Waals surface area contributed by atoms with Gasteiger partial charge in [-0.05, 0) is 79.9 Å². The highest BCUT2D eigenvalue weighted by Gasteiger charge is 2.32. The molecule has 304 valence electrons. The van der Waals surface area contributed by atoms with E-state index in [0.29, 0.717) is 81.7 Å². The number of carbonyl (C=O) groups is 1. The second kappa shape index (κ2) is 19.5. The normalized spacial score (nSPS) is 13.7. The van der Waals surface area contributed by atoms with Gasteiger partial charge in [-0.25, -0.2) is 4.39 Å². The molecule has 0 radical (unpaired) electrons. The highest BCUT2D eigenvalue weighted by molar-refractivity contribution is 7.15. The number of aromatic nitrogens is 4. The minimum absolute atomic E-state index is 0.107. The molecular formula is C43H46Cl2FN7O4S. The number of rotatable bonds is 19. The van der Waals surface area contributed by atoms with Crippen LogP contribution in [0.15, 0.2) is 77.9 Å². The van der Waals surface area contributed by atoms with E-state index in [1.807, 2.05) is 76.9 Å². The van der Waals surface area contributed by atoms with Gasteiger partial charge in [-0.15, -0.1) is 21.5 Å². The minimum atomic E-state index is -0.539. The lowest BCUT2D eigenvalue weighted by atomic mass is 9.99. The first kappa shape index (κ1) is 41.7. The largest absolute Gasteiger partial charge is 0.378 e. The van der Waals surface area contributed by atoms with Crippen LogP contribution in [0.25, 0.3) is 15.9 Å². The summed E-state index contributed by atoms with van der Waals surface area (Å²) < 4.78 is 35.7. The fraction of sp³-hybridized carbons (Fsp3) is 0.349. The van der Waals surface area contributed by atoms with Crippen molar-refractivity contribution in [2.45, 2.75) is 46.3 Å². The predicted molar refractivity (Wildman–Crippen MR) is 228 cm³/mol. The number of benzene rings is 3. The molecule has 1 amide bonds. The van der Waals surface area contributed by atoms with Crippen molar-refractivity contribution in [1.29, 1.82) is 0 Å². The van der Waals surface area contributed by atoms with E-state index in [1.165, 1.54) is 4.88 Å². The molecule has 58 heavy (non-hydrogen) atoms. The molecule has 0 bridgehead atoms. The summed E-state index contributed by atoms with van der Waals surface area (Å²) in [5, 5.41) is 18.5. The molecule has 11 nitrogen and oxygen atoms in total. The molecule has 3 aromatic carbocycles. The van der Waals surface area contributed by atoms with Crippen molar-refractivity contribution in [2.75, 3.05) is 52.7 Å². The Morgan fingerprint density at radius 2 is 1.53 bits per heavy atom. The Morgan fingerprint density at radius 1 is 0.862 bits per heavy atom. The number of aryl methyl sites for hydroxylation is 2. The van der Waals surface area contributed by atoms with Gasteiger partial charge < -0.3 is 29.4 Å². The second-order valence-corrected chi connectivity index (χ2v) is 16.1. The molecule has 4 heterocycles. The summed E-state index contributed by atoms with van der Waals surface area (Å²) in [4.78, 5) is 19.5. The number of fused-ring (bicyclic) bond motifs is 4. The third-order valence-corrected chi connectivity index (χ3v) is 11.7. The molecule has 0 unspecified atom stereocenters. The number of amides is 1. The fourth-order valence-electron chi connectivity index (χ4n) is 6.96. The first-order chi connectivity index (χ1) is 28.2. The van der Waals surface area contributed by atoms with Gasteiger partial charge in [0, 0.05) is 63.8 Å². The van der Waals surface area contributed by atoms with E-state index in [9.17, 15) is 9.18 Å². The third kappa shape index (κ3) is 10.0. The number of nitrogens with one attached hydrogen (secondary N) is 2. The van der Waals surface area contributed by atoms with Crippen LogP contribution in [0.1, 0.15) is 56.8 Å². The van der Waals surface area contributed by atoms with E-state index in [-0.39, 0.29) is 18.1 Å². The van der Waals surface area contributed by atoms with E-state index in [1.54, 1.807) is 23.5 Å². The lowest BCUT2D eigenvalue weighted by Crippen LogP contribution is -2.29. The molecule has 1 aliphatic rings. The molecule has 0 saturated heterocycles. The topological polar surface area (TPSA) is 117 Å². The Labute approximate surface area is 351 Å². The Morgan fingerprint density at radius 3 is 2.26 bits per heavy atom. The zero-order valence-electron chi connectivity index (χ0n) is 32.7. The number of ether oxygens (including phenoxy) is 3. The van der Waals surface area contributed by atoms with Gasteiger partial charge in [0.2, 0.25) is 5.91 Å². The maximum absolute atomic E-state index is 14.6. The third-order valence-electron chi connectivity index (χ3n) is 9.99. The van der Waals surface area contributed by atoms with Crippen molar-refractivity contribution in [2.24, 2.45) is 4.99 Å². The van der Waals surface area contributed by atoms with E-state index in [4.69, 9.17) is 42.4 Å². The summed E-state index contributed by atoms with van der Waals surface area (Å²) in [7, 11) is 0. The number of hydrogen-bond acceptors (Lipinski definition) is 9. The van der Waals surface area contributed by atoms with Gasteiger partial charge in [-0.1, -0.05) is 47.5 Å². The summed E-state index contributed by atoms with van der Waals surface area (Å²) in [5.41, 5.74) is 6.73. The molecule has 3 aromatic heterocycles. The maximum atomic E-state index is 14.6. The van der Waals surface area contributed by atoms with Crippen LogP contribution >= 0.6 is 34.5 Å². The van der Waals surface area contributed by atoms with Gasteiger partial charge in [0.15, 0.2) is 5.82 Å². The standard InChI is InChI=1S/C43H46Cl2FN7O4S/c1-27-28(2)58-43-40(27)41(31-6-10-34(45)11-7-31)49-37(42-51-50-29(3)53(42)43)24-39(54)48-14-17-56-19-21-57-20-18-55-16-13-47-25-32-22-35(46)23-38-36(32)12-15-52(38)26-30-4-8-33(44)9-5-30/h4-12,15,22-23,37,47H,13-14,16-21,24-26H2,1-3H3,(H,48,54)/t37-/m0/s1. The van der Waals surface area contributed by atoms with Crippen LogP contribution in [0.4, 0.5) is 4.39 Å². The summed E-state index contributed by atoms with van der Waals surface area (Å²) in [6, 6.07) is 19.9. The van der Waals surface area contributed by atoms with Crippen LogP contribution in [-0.4, -0.2) is 83.7 Å². The molecule has 0 fully saturated rings. The first-order valence-corrected chi connectivity index (χ1v) is 20.8. The van der Waals surface area contributed by atoms with Crippen LogP contribution in [0.5, 0.6) is 0 Å². The molecule has 15 heteroatoms. The Bertz CT molecular complexity index is 2380. The number of nitrogens with zero attached hydrogens (tertiary/aromatic N) is 5. The van der Waals surface area contributed by atoms with Crippen LogP contribution in [-0.2, 0) is 32.1 Å². The maximum Gasteiger partial charge on any atom is 0.222 e. The predicted octanol–water partition coefficient (Wildman–Crippen LogP) is 7.94.